The van der Waals surface area contributed by atoms with Crippen molar-refractivity contribution >= 4 is 46.4 Å². The van der Waals surface area contributed by atoms with Crippen molar-refractivity contribution in [2.75, 3.05) is 12.0 Å². The second-order valence-electron chi connectivity index (χ2n) is 10.4. The van der Waals surface area contributed by atoms with E-state index in [4.69, 9.17) is 5.73 Å². The highest BCUT2D eigenvalue weighted by atomic mass is 32.2. The fourth-order valence-electron chi connectivity index (χ4n) is 4.48. The SMILES string of the molecule is CSCCC(NC(=O)C(Cc1cnc[nH]1)NC(=O)C(CC(C)C)NC(=O)C(N)Cc1c[nH]c2ccccc12)C(=O)O. The summed E-state index contributed by atoms with van der Waals surface area (Å²) in [4.78, 5) is 61.5. The number of carboxylic acids is 1. The fourth-order valence-corrected chi connectivity index (χ4v) is 4.95. The molecule has 4 unspecified atom stereocenters. The number of nitrogens with one attached hydrogen (secondary N) is 5. The molecule has 3 amide bonds. The molecule has 2 heterocycles. The number of amides is 3. The van der Waals surface area contributed by atoms with Gasteiger partial charge in [-0.25, -0.2) is 9.78 Å². The van der Waals surface area contributed by atoms with Gasteiger partial charge in [0.05, 0.1) is 12.4 Å². The van der Waals surface area contributed by atoms with Crippen molar-refractivity contribution in [2.45, 2.75) is 63.7 Å². The number of benzene rings is 1. The van der Waals surface area contributed by atoms with E-state index >= 15 is 0 Å². The standard InChI is InChI=1S/C28H39N7O5S/c1-16(2)10-23(34-25(36)20(29)11-17-13-31-21-7-5-4-6-19(17)21)26(37)35-24(12-18-14-30-15-32-18)27(38)33-22(28(39)40)8-9-41-3/h4-7,13-16,20,22-24,31H,8-12,29H2,1-3H3,(H,30,32)(H,33,38)(H,34,36)(H,35,37)(H,39,40). The van der Waals surface area contributed by atoms with E-state index in [2.05, 4.69) is 30.9 Å². The summed E-state index contributed by atoms with van der Waals surface area (Å²) < 4.78 is 0. The highest BCUT2D eigenvalue weighted by Crippen LogP contribution is 2.19. The molecule has 3 rings (SSSR count). The van der Waals surface area contributed by atoms with Crippen molar-refractivity contribution in [3.05, 3.63) is 54.2 Å². The smallest absolute Gasteiger partial charge is 0.326 e. The summed E-state index contributed by atoms with van der Waals surface area (Å²) in [6.07, 6.45) is 7.48. The zero-order valence-corrected chi connectivity index (χ0v) is 24.3. The van der Waals surface area contributed by atoms with Crippen LogP contribution in [0.4, 0.5) is 0 Å². The topological polar surface area (TPSA) is 195 Å². The lowest BCUT2D eigenvalue weighted by Gasteiger charge is -2.26. The molecule has 41 heavy (non-hydrogen) atoms. The Morgan fingerprint density at radius 2 is 1.66 bits per heavy atom. The number of carbonyl (C=O) groups is 4. The van der Waals surface area contributed by atoms with Gasteiger partial charge in [0.1, 0.15) is 18.1 Å². The molecule has 3 aromatic rings. The number of H-pyrrole nitrogens is 2. The van der Waals surface area contributed by atoms with Crippen LogP contribution in [-0.2, 0) is 32.0 Å². The minimum Gasteiger partial charge on any atom is -0.480 e. The van der Waals surface area contributed by atoms with E-state index in [1.807, 2.05) is 50.6 Å². The number of nitrogens with zero attached hydrogens (tertiary/aromatic N) is 1. The Morgan fingerprint density at radius 1 is 0.976 bits per heavy atom. The lowest BCUT2D eigenvalue weighted by Crippen LogP contribution is -2.58. The van der Waals surface area contributed by atoms with Crippen LogP contribution in [0, 0.1) is 5.92 Å². The van der Waals surface area contributed by atoms with Gasteiger partial charge in [-0.2, -0.15) is 11.8 Å². The molecule has 0 aliphatic carbocycles. The van der Waals surface area contributed by atoms with Crippen LogP contribution in [0.15, 0.2) is 43.0 Å². The van der Waals surface area contributed by atoms with Gasteiger partial charge in [-0.3, -0.25) is 14.4 Å². The van der Waals surface area contributed by atoms with Crippen LogP contribution < -0.4 is 21.7 Å². The van der Waals surface area contributed by atoms with Gasteiger partial charge < -0.3 is 36.8 Å². The molecule has 0 radical (unpaired) electrons. The van der Waals surface area contributed by atoms with E-state index in [1.165, 1.54) is 24.3 Å². The Kier molecular flexibility index (Phi) is 11.8. The van der Waals surface area contributed by atoms with Gasteiger partial charge in [-0.05, 0) is 48.8 Å². The molecule has 13 heteroatoms. The number of aromatic amines is 2. The number of nitrogens with two attached hydrogens (primary N) is 1. The molecule has 12 nitrogen and oxygen atoms in total. The summed E-state index contributed by atoms with van der Waals surface area (Å²) in [6.45, 7) is 3.83. The normalized spacial score (nSPS) is 14.3. The minimum atomic E-state index is -1.16. The summed E-state index contributed by atoms with van der Waals surface area (Å²) in [5.74, 6) is -2.29. The molecule has 8 N–H and O–H groups in total. The Hall–Kier alpha value is -3.84. The van der Waals surface area contributed by atoms with Crippen LogP contribution in [0.1, 0.15) is 37.9 Å². The van der Waals surface area contributed by atoms with Crippen LogP contribution in [0.2, 0.25) is 0 Å². The zero-order chi connectivity index (χ0) is 29.9. The van der Waals surface area contributed by atoms with Crippen molar-refractivity contribution in [1.82, 2.24) is 30.9 Å². The molecule has 0 aliphatic heterocycles. The lowest BCUT2D eigenvalue weighted by atomic mass is 10.0. The third kappa shape index (κ3) is 9.35. The molecule has 0 spiro atoms. The summed E-state index contributed by atoms with van der Waals surface area (Å²) in [5.41, 5.74) is 8.65. The molecule has 0 bridgehead atoms. The van der Waals surface area contributed by atoms with E-state index in [1.54, 1.807) is 0 Å². The van der Waals surface area contributed by atoms with Gasteiger partial charge >= 0.3 is 5.97 Å². The molecule has 0 saturated heterocycles. The second kappa shape index (κ2) is 15.2. The summed E-state index contributed by atoms with van der Waals surface area (Å²) in [6, 6.07) is 3.62. The largest absolute Gasteiger partial charge is 0.480 e. The molecule has 222 valence electrons. The van der Waals surface area contributed by atoms with Gasteiger partial charge in [-0.1, -0.05) is 32.0 Å². The predicted molar refractivity (Wildman–Crippen MR) is 158 cm³/mol. The summed E-state index contributed by atoms with van der Waals surface area (Å²) in [7, 11) is 0. The first kappa shape index (κ1) is 31.7. The number of imidazole rings is 1. The Labute approximate surface area is 243 Å². The molecule has 0 fully saturated rings. The van der Waals surface area contributed by atoms with Crippen molar-refractivity contribution in [3.8, 4) is 0 Å². The van der Waals surface area contributed by atoms with Gasteiger partial charge in [0, 0.05) is 35.4 Å². The van der Waals surface area contributed by atoms with E-state index in [9.17, 15) is 24.3 Å². The molecule has 4 atom stereocenters. The second-order valence-corrected chi connectivity index (χ2v) is 11.4. The van der Waals surface area contributed by atoms with Gasteiger partial charge in [0.15, 0.2) is 0 Å². The van der Waals surface area contributed by atoms with Gasteiger partial charge in [-0.15, -0.1) is 0 Å². The Bertz CT molecular complexity index is 1310. The third-order valence-corrected chi connectivity index (χ3v) is 7.27. The number of aliphatic carboxylic acids is 1. The van der Waals surface area contributed by atoms with Crippen molar-refractivity contribution in [2.24, 2.45) is 11.7 Å². The van der Waals surface area contributed by atoms with E-state index < -0.39 is 47.9 Å². The van der Waals surface area contributed by atoms with E-state index in [-0.39, 0.29) is 25.2 Å². The maximum Gasteiger partial charge on any atom is 0.326 e. The molecule has 0 aliphatic rings. The predicted octanol–water partition coefficient (Wildman–Crippen LogP) is 1.34. The van der Waals surface area contributed by atoms with Crippen molar-refractivity contribution in [3.63, 3.8) is 0 Å². The lowest BCUT2D eigenvalue weighted by molar-refractivity contribution is -0.142. The maximum atomic E-state index is 13.5. The van der Waals surface area contributed by atoms with Crippen molar-refractivity contribution in [1.29, 1.82) is 0 Å². The molecular weight excluding hydrogens is 546 g/mol. The molecule has 1 aromatic carbocycles. The quantitative estimate of drug-likeness (QED) is 0.131. The van der Waals surface area contributed by atoms with Crippen molar-refractivity contribution < 1.29 is 24.3 Å². The Balaban J connectivity index is 1.72. The summed E-state index contributed by atoms with van der Waals surface area (Å²) in [5, 5.41) is 18.6. The third-order valence-electron chi connectivity index (χ3n) is 6.63. The number of fused-ring (bicyclic) bond motifs is 1. The monoisotopic (exact) mass is 585 g/mol. The minimum absolute atomic E-state index is 0.0405. The average molecular weight is 586 g/mol. The zero-order valence-electron chi connectivity index (χ0n) is 23.5. The number of carboxylic acid groups (broad SMARTS) is 1. The van der Waals surface area contributed by atoms with Crippen LogP contribution in [0.5, 0.6) is 0 Å². The average Bonchev–Trinajstić information content (AvgIpc) is 3.59. The molecule has 0 saturated carbocycles. The molecule has 2 aromatic heterocycles. The van der Waals surface area contributed by atoms with Gasteiger partial charge in [0.2, 0.25) is 17.7 Å². The summed E-state index contributed by atoms with van der Waals surface area (Å²) >= 11 is 1.47. The number of rotatable bonds is 16. The Morgan fingerprint density at radius 3 is 2.32 bits per heavy atom. The number of thioether (sulfide) groups is 1. The van der Waals surface area contributed by atoms with E-state index in [0.29, 0.717) is 17.9 Å². The first-order valence-electron chi connectivity index (χ1n) is 13.5. The van der Waals surface area contributed by atoms with Gasteiger partial charge in [0.25, 0.3) is 0 Å². The maximum absolute atomic E-state index is 13.5. The number of aromatic nitrogens is 3. The highest BCUT2D eigenvalue weighted by Gasteiger charge is 2.31. The first-order chi connectivity index (χ1) is 19.6. The van der Waals surface area contributed by atoms with Crippen LogP contribution in [-0.4, -0.2) is 79.9 Å². The number of para-hydroxylation sites is 1. The first-order valence-corrected chi connectivity index (χ1v) is 14.9. The van der Waals surface area contributed by atoms with Crippen LogP contribution >= 0.6 is 11.8 Å². The molecular formula is C28H39N7O5S. The number of carbonyl (C=O) groups excluding carboxylic acids is 3. The van der Waals surface area contributed by atoms with E-state index in [0.717, 1.165) is 16.5 Å². The van der Waals surface area contributed by atoms with Crippen LogP contribution in [0.3, 0.4) is 0 Å². The highest BCUT2D eigenvalue weighted by molar-refractivity contribution is 7.98. The fraction of sp³-hybridized carbons (Fsp3) is 0.464. The number of hydrogen-bond donors (Lipinski definition) is 7. The number of hydrogen-bond acceptors (Lipinski definition) is 7. The van der Waals surface area contributed by atoms with Crippen LogP contribution in [0.25, 0.3) is 10.9 Å².